The van der Waals surface area contributed by atoms with Crippen molar-refractivity contribution in [1.82, 2.24) is 4.57 Å². The van der Waals surface area contributed by atoms with E-state index in [-0.39, 0.29) is 40.2 Å². The molecule has 2 heterocycles. The molecule has 10 nitrogen and oxygen atoms in total. The Kier molecular flexibility index (Phi) is 10.8. The molecule has 234 valence electrons. The highest BCUT2D eigenvalue weighted by molar-refractivity contribution is 7.07. The van der Waals surface area contributed by atoms with Crippen molar-refractivity contribution in [2.45, 2.75) is 46.8 Å². The van der Waals surface area contributed by atoms with Gasteiger partial charge in [0.15, 0.2) is 22.9 Å². The molecule has 3 aromatic rings. The van der Waals surface area contributed by atoms with E-state index in [2.05, 4.69) is 4.99 Å². The minimum absolute atomic E-state index is 0.101. The van der Waals surface area contributed by atoms with Crippen molar-refractivity contribution in [3.05, 3.63) is 82.5 Å². The zero-order valence-electron chi connectivity index (χ0n) is 25.1. The maximum absolute atomic E-state index is 14.1. The quantitative estimate of drug-likeness (QED) is 0.268. The van der Waals surface area contributed by atoms with Crippen LogP contribution >= 0.6 is 34.5 Å². The summed E-state index contributed by atoms with van der Waals surface area (Å²) < 4.78 is 29.2. The highest BCUT2D eigenvalue weighted by Gasteiger charge is 2.34. The van der Waals surface area contributed by atoms with Crippen molar-refractivity contribution in [2.75, 3.05) is 26.9 Å². The lowest BCUT2D eigenvalue weighted by Gasteiger charge is -2.25. The molecule has 0 spiro atoms. The molecule has 0 bridgehead atoms. The van der Waals surface area contributed by atoms with Gasteiger partial charge in [0, 0.05) is 10.6 Å². The predicted molar refractivity (Wildman–Crippen MR) is 168 cm³/mol. The maximum Gasteiger partial charge on any atom is 0.344 e. The molecule has 0 amide bonds. The maximum atomic E-state index is 14.1. The Bertz CT molecular complexity index is 1790. The number of carbonyl (C=O) groups excluding carboxylic acids is 2. The van der Waals surface area contributed by atoms with E-state index >= 15 is 0 Å². The molecule has 0 radical (unpaired) electrons. The summed E-state index contributed by atoms with van der Waals surface area (Å²) in [5.41, 5.74) is 1.16. The van der Waals surface area contributed by atoms with E-state index in [0.29, 0.717) is 38.1 Å². The second kappa shape index (κ2) is 14.3. The van der Waals surface area contributed by atoms with Crippen molar-refractivity contribution in [3.8, 4) is 17.2 Å². The summed E-state index contributed by atoms with van der Waals surface area (Å²) in [7, 11) is 1.52. The molecule has 1 aliphatic heterocycles. The van der Waals surface area contributed by atoms with Gasteiger partial charge in [0.05, 0.1) is 53.3 Å². The Morgan fingerprint density at radius 2 is 1.82 bits per heavy atom. The van der Waals surface area contributed by atoms with Crippen molar-refractivity contribution in [3.63, 3.8) is 0 Å². The second-order valence-corrected chi connectivity index (χ2v) is 11.6. The first kappa shape index (κ1) is 33.1. The Morgan fingerprint density at radius 1 is 1.09 bits per heavy atom. The van der Waals surface area contributed by atoms with E-state index < -0.39 is 30.1 Å². The Hall–Kier alpha value is -3.80. The van der Waals surface area contributed by atoms with Gasteiger partial charge in [-0.3, -0.25) is 9.36 Å². The van der Waals surface area contributed by atoms with Crippen LogP contribution in [0.2, 0.25) is 10.0 Å². The molecule has 0 saturated carbocycles. The molecule has 1 aromatic heterocycles. The number of fused-ring (bicyclic) bond motifs is 1. The number of rotatable bonds is 11. The molecular weight excluding hydrogens is 631 g/mol. The van der Waals surface area contributed by atoms with Crippen LogP contribution in [0.5, 0.6) is 17.2 Å². The number of esters is 2. The minimum Gasteiger partial charge on any atom is -0.493 e. The molecule has 1 atom stereocenters. The van der Waals surface area contributed by atoms with E-state index in [1.165, 1.54) is 17.7 Å². The van der Waals surface area contributed by atoms with Crippen molar-refractivity contribution in [1.29, 1.82) is 0 Å². The van der Waals surface area contributed by atoms with Gasteiger partial charge in [-0.05, 0) is 70.5 Å². The van der Waals surface area contributed by atoms with Crippen LogP contribution in [-0.2, 0) is 19.1 Å². The van der Waals surface area contributed by atoms with Crippen molar-refractivity contribution in [2.24, 2.45) is 4.99 Å². The summed E-state index contributed by atoms with van der Waals surface area (Å²) in [6, 6.07) is 7.41. The van der Waals surface area contributed by atoms with Crippen LogP contribution in [0.15, 0.2) is 51.4 Å². The smallest absolute Gasteiger partial charge is 0.344 e. The Morgan fingerprint density at radius 3 is 2.48 bits per heavy atom. The fraction of sp³-hybridized carbons (Fsp3) is 0.355. The molecule has 4 rings (SSSR count). The number of methoxy groups -OCH3 is 1. The van der Waals surface area contributed by atoms with Gasteiger partial charge in [0.25, 0.3) is 5.56 Å². The summed E-state index contributed by atoms with van der Waals surface area (Å²) in [6.45, 7) is 8.83. The molecule has 13 heteroatoms. The monoisotopic (exact) mass is 662 g/mol. The van der Waals surface area contributed by atoms with Gasteiger partial charge in [-0.2, -0.15) is 0 Å². The first-order valence-corrected chi connectivity index (χ1v) is 15.4. The molecule has 0 aliphatic carbocycles. The first-order valence-electron chi connectivity index (χ1n) is 13.8. The lowest BCUT2D eigenvalue weighted by molar-refractivity contribution is -0.145. The number of thiazole rings is 1. The number of hydrogen-bond acceptors (Lipinski definition) is 10. The van der Waals surface area contributed by atoms with Crippen LogP contribution in [0.4, 0.5) is 0 Å². The van der Waals surface area contributed by atoms with Gasteiger partial charge in [0.2, 0.25) is 0 Å². The van der Waals surface area contributed by atoms with Crippen LogP contribution in [0, 0.1) is 0 Å². The van der Waals surface area contributed by atoms with Gasteiger partial charge in [0.1, 0.15) is 5.75 Å². The Balaban J connectivity index is 1.92. The summed E-state index contributed by atoms with van der Waals surface area (Å²) in [5.74, 6) is -0.0596. The minimum atomic E-state index is -0.878. The van der Waals surface area contributed by atoms with Gasteiger partial charge < -0.3 is 23.7 Å². The first-order chi connectivity index (χ1) is 21.0. The number of nitrogens with zero attached hydrogens (tertiary/aromatic N) is 2. The summed E-state index contributed by atoms with van der Waals surface area (Å²) in [5, 5.41) is 0.446. The number of hydrogen-bond donors (Lipinski definition) is 0. The number of allylic oxidation sites excluding steroid dienone is 1. The molecule has 0 unspecified atom stereocenters. The predicted octanol–water partition coefficient (Wildman–Crippen LogP) is 4.84. The third-order valence-electron chi connectivity index (χ3n) is 6.35. The topological polar surface area (TPSA) is 115 Å². The fourth-order valence-corrected chi connectivity index (χ4v) is 6.23. The number of aromatic nitrogens is 1. The van der Waals surface area contributed by atoms with Crippen LogP contribution in [0.1, 0.15) is 51.8 Å². The van der Waals surface area contributed by atoms with Crippen LogP contribution in [0.3, 0.4) is 0 Å². The highest BCUT2D eigenvalue weighted by Crippen LogP contribution is 2.37. The van der Waals surface area contributed by atoms with E-state index in [1.807, 2.05) is 13.8 Å². The standard InChI is InChI=1S/C31H32Cl2N2O8S/c1-7-40-25(36)15-42-28-19(11-20(32)14-21(28)33)13-24-29(37)35-27(18-9-10-22(43-16(3)4)23(12-18)39-6)26(30(38)41-8-2)17(5)34-31(35)44-24/h9-14,16,27H,7-8,15H2,1-6H3/b24-13+/t27-/m0/s1. The van der Waals surface area contributed by atoms with Gasteiger partial charge >= 0.3 is 11.9 Å². The molecule has 0 N–H and O–H groups in total. The van der Waals surface area contributed by atoms with Gasteiger partial charge in [-0.25, -0.2) is 14.6 Å². The van der Waals surface area contributed by atoms with E-state index in [1.54, 1.807) is 51.1 Å². The molecule has 0 fully saturated rings. The summed E-state index contributed by atoms with van der Waals surface area (Å²) in [4.78, 5) is 44.3. The van der Waals surface area contributed by atoms with Crippen molar-refractivity contribution >= 4 is 52.6 Å². The largest absolute Gasteiger partial charge is 0.493 e. The summed E-state index contributed by atoms with van der Waals surface area (Å²) in [6.07, 6.45) is 1.46. The van der Waals surface area contributed by atoms with E-state index in [9.17, 15) is 14.4 Å². The normalized spacial score (nSPS) is 14.7. The van der Waals surface area contributed by atoms with Gasteiger partial charge in [-0.1, -0.05) is 40.6 Å². The number of halogens is 2. The number of carbonyl (C=O) groups is 2. The second-order valence-electron chi connectivity index (χ2n) is 9.78. The average molecular weight is 664 g/mol. The molecule has 1 aliphatic rings. The third-order valence-corrected chi connectivity index (χ3v) is 7.83. The highest BCUT2D eigenvalue weighted by atomic mass is 35.5. The van der Waals surface area contributed by atoms with Crippen molar-refractivity contribution < 1.29 is 33.3 Å². The zero-order valence-corrected chi connectivity index (χ0v) is 27.4. The molecule has 2 aromatic carbocycles. The lowest BCUT2D eigenvalue weighted by Crippen LogP contribution is -2.40. The zero-order chi connectivity index (χ0) is 32.1. The molecular formula is C31H32Cl2N2O8S. The van der Waals surface area contributed by atoms with Gasteiger partial charge in [-0.15, -0.1) is 0 Å². The number of benzene rings is 2. The third kappa shape index (κ3) is 7.11. The average Bonchev–Trinajstić information content (AvgIpc) is 3.25. The van der Waals surface area contributed by atoms with E-state index in [4.69, 9.17) is 46.9 Å². The fourth-order valence-electron chi connectivity index (χ4n) is 4.63. The van der Waals surface area contributed by atoms with E-state index in [0.717, 1.165) is 11.3 Å². The summed E-state index contributed by atoms with van der Waals surface area (Å²) >= 11 is 13.8. The van der Waals surface area contributed by atoms with Crippen LogP contribution < -0.4 is 29.1 Å². The molecule has 0 saturated heterocycles. The van der Waals surface area contributed by atoms with Crippen LogP contribution in [-0.4, -0.2) is 49.5 Å². The SMILES string of the molecule is CCOC(=O)COc1c(Cl)cc(Cl)cc1/C=c1/sc2n(c1=O)[C@@H](c1ccc(OC(C)C)c(OC)c1)C(C(=O)OCC)=C(C)N=2. The van der Waals surface area contributed by atoms with Crippen LogP contribution in [0.25, 0.3) is 6.08 Å². The molecule has 44 heavy (non-hydrogen) atoms. The Labute approximate surface area is 268 Å². The number of ether oxygens (including phenoxy) is 5. The lowest BCUT2D eigenvalue weighted by atomic mass is 9.95.